The third kappa shape index (κ3) is 4.85. The fourth-order valence-electron chi connectivity index (χ4n) is 3.97. The highest BCUT2D eigenvalue weighted by atomic mass is 32.2. The fourth-order valence-corrected chi connectivity index (χ4v) is 5.45. The standard InChI is InChI=1S/C23H23F3N4O3S/c1-15-27-8-11-30(15)22-5-2-16(12-21(22)26)14-28-23(31)17-6-9-29(10-7-17)34(32,33)18-3-4-19(24)20(25)13-18/h2-5,8,11-13,17H,6-7,9-10,14H2,1H3,(H,28,31). The summed E-state index contributed by atoms with van der Waals surface area (Å²) >= 11 is 0. The van der Waals surface area contributed by atoms with Gasteiger partial charge in [-0.15, -0.1) is 0 Å². The van der Waals surface area contributed by atoms with Gasteiger partial charge in [0.1, 0.15) is 11.6 Å². The van der Waals surface area contributed by atoms with E-state index in [0.29, 0.717) is 23.1 Å². The number of carbonyl (C=O) groups is 1. The van der Waals surface area contributed by atoms with E-state index >= 15 is 0 Å². The number of imidazole rings is 1. The van der Waals surface area contributed by atoms with Gasteiger partial charge in [-0.05, 0) is 55.7 Å². The largest absolute Gasteiger partial charge is 0.352 e. The van der Waals surface area contributed by atoms with Gasteiger partial charge in [0.05, 0.1) is 10.6 Å². The first-order valence-electron chi connectivity index (χ1n) is 10.7. The first kappa shape index (κ1) is 24.0. The van der Waals surface area contributed by atoms with Crippen LogP contribution >= 0.6 is 0 Å². The van der Waals surface area contributed by atoms with Gasteiger partial charge in [-0.1, -0.05) is 6.07 Å². The predicted octanol–water partition coefficient (Wildman–Crippen LogP) is 3.32. The Hall–Kier alpha value is -3.18. The van der Waals surface area contributed by atoms with Crippen molar-refractivity contribution < 1.29 is 26.4 Å². The Morgan fingerprint density at radius 1 is 1.06 bits per heavy atom. The number of piperidine rings is 1. The highest BCUT2D eigenvalue weighted by Gasteiger charge is 2.32. The Balaban J connectivity index is 1.33. The molecule has 3 aromatic rings. The van der Waals surface area contributed by atoms with Crippen LogP contribution in [0, 0.1) is 30.3 Å². The van der Waals surface area contributed by atoms with Crippen molar-refractivity contribution in [1.82, 2.24) is 19.2 Å². The number of halogens is 3. The summed E-state index contributed by atoms with van der Waals surface area (Å²) in [6, 6.07) is 7.13. The van der Waals surface area contributed by atoms with E-state index in [9.17, 15) is 26.4 Å². The number of rotatable bonds is 6. The molecule has 0 saturated carbocycles. The van der Waals surface area contributed by atoms with E-state index in [0.717, 1.165) is 16.4 Å². The van der Waals surface area contributed by atoms with E-state index in [2.05, 4.69) is 10.3 Å². The number of aromatic nitrogens is 2. The topological polar surface area (TPSA) is 84.3 Å². The number of aryl methyl sites for hydroxylation is 1. The molecule has 1 N–H and O–H groups in total. The molecule has 7 nitrogen and oxygen atoms in total. The molecule has 2 aromatic carbocycles. The molecule has 1 aliphatic heterocycles. The fraction of sp³-hybridized carbons (Fsp3) is 0.304. The molecule has 1 amide bonds. The highest BCUT2D eigenvalue weighted by molar-refractivity contribution is 7.89. The molecule has 0 radical (unpaired) electrons. The Morgan fingerprint density at radius 3 is 2.41 bits per heavy atom. The van der Waals surface area contributed by atoms with Crippen LogP contribution in [0.4, 0.5) is 13.2 Å². The van der Waals surface area contributed by atoms with Crippen molar-refractivity contribution >= 4 is 15.9 Å². The zero-order valence-electron chi connectivity index (χ0n) is 18.3. The number of amides is 1. The Labute approximate surface area is 195 Å². The van der Waals surface area contributed by atoms with Crippen LogP contribution in [0.15, 0.2) is 53.7 Å². The molecule has 180 valence electrons. The van der Waals surface area contributed by atoms with Crippen LogP contribution in [0.5, 0.6) is 0 Å². The van der Waals surface area contributed by atoms with Crippen molar-refractivity contribution in [3.05, 3.63) is 77.6 Å². The molecule has 1 saturated heterocycles. The third-order valence-electron chi connectivity index (χ3n) is 5.92. The zero-order valence-corrected chi connectivity index (χ0v) is 19.2. The molecule has 0 spiro atoms. The van der Waals surface area contributed by atoms with Crippen molar-refractivity contribution in [2.45, 2.75) is 31.2 Å². The number of sulfonamides is 1. The molecule has 11 heteroatoms. The SMILES string of the molecule is Cc1nccn1-c1ccc(CNC(=O)C2CCN(S(=O)(=O)c3ccc(F)c(F)c3)CC2)cc1F. The highest BCUT2D eigenvalue weighted by Crippen LogP contribution is 2.25. The maximum atomic E-state index is 14.5. The summed E-state index contributed by atoms with van der Waals surface area (Å²) in [6.45, 7) is 2.05. The van der Waals surface area contributed by atoms with E-state index in [1.807, 2.05) is 0 Å². The lowest BCUT2D eigenvalue weighted by molar-refractivity contribution is -0.126. The monoisotopic (exact) mass is 492 g/mol. The van der Waals surface area contributed by atoms with Gasteiger partial charge in [-0.2, -0.15) is 4.31 Å². The summed E-state index contributed by atoms with van der Waals surface area (Å²) < 4.78 is 69.3. The minimum atomic E-state index is -3.99. The van der Waals surface area contributed by atoms with Crippen molar-refractivity contribution in [1.29, 1.82) is 0 Å². The predicted molar refractivity (Wildman–Crippen MR) is 118 cm³/mol. The summed E-state index contributed by atoms with van der Waals surface area (Å²) in [4.78, 5) is 16.3. The van der Waals surface area contributed by atoms with Crippen LogP contribution in [-0.2, 0) is 21.4 Å². The lowest BCUT2D eigenvalue weighted by Crippen LogP contribution is -2.42. The summed E-state index contributed by atoms with van der Waals surface area (Å²) in [5.74, 6) is -2.81. The number of benzene rings is 2. The van der Waals surface area contributed by atoms with Crippen LogP contribution in [0.2, 0.25) is 0 Å². The summed E-state index contributed by atoms with van der Waals surface area (Å²) in [5.41, 5.74) is 0.949. The molecule has 34 heavy (non-hydrogen) atoms. The number of carbonyl (C=O) groups excluding carboxylic acids is 1. The van der Waals surface area contributed by atoms with Crippen molar-refractivity contribution in [2.75, 3.05) is 13.1 Å². The molecular formula is C23H23F3N4O3S. The van der Waals surface area contributed by atoms with Gasteiger partial charge in [0.2, 0.25) is 15.9 Å². The van der Waals surface area contributed by atoms with Crippen LogP contribution < -0.4 is 5.32 Å². The second-order valence-electron chi connectivity index (χ2n) is 8.10. The number of hydrogen-bond acceptors (Lipinski definition) is 4. The molecule has 1 aliphatic rings. The first-order valence-corrected chi connectivity index (χ1v) is 12.1. The van der Waals surface area contributed by atoms with Crippen molar-refractivity contribution in [3.63, 3.8) is 0 Å². The third-order valence-corrected chi connectivity index (χ3v) is 7.81. The van der Waals surface area contributed by atoms with Gasteiger partial charge in [0.25, 0.3) is 0 Å². The lowest BCUT2D eigenvalue weighted by Gasteiger charge is -2.30. The maximum Gasteiger partial charge on any atom is 0.243 e. The second-order valence-corrected chi connectivity index (χ2v) is 10.0. The van der Waals surface area contributed by atoms with Crippen LogP contribution in [0.3, 0.4) is 0 Å². The van der Waals surface area contributed by atoms with Crippen molar-refractivity contribution in [2.24, 2.45) is 5.92 Å². The zero-order chi connectivity index (χ0) is 24.5. The second kappa shape index (κ2) is 9.59. The molecule has 0 atom stereocenters. The van der Waals surface area contributed by atoms with Gasteiger partial charge in [-0.3, -0.25) is 4.79 Å². The van der Waals surface area contributed by atoms with Gasteiger partial charge < -0.3 is 9.88 Å². The molecule has 2 heterocycles. The Kier molecular flexibility index (Phi) is 6.76. The molecule has 1 aromatic heterocycles. The van der Waals surface area contributed by atoms with Gasteiger partial charge >= 0.3 is 0 Å². The normalized spacial score (nSPS) is 15.4. The van der Waals surface area contributed by atoms with Gasteiger partial charge in [-0.25, -0.2) is 26.6 Å². The Bertz CT molecular complexity index is 1320. The number of hydrogen-bond donors (Lipinski definition) is 1. The molecule has 0 aliphatic carbocycles. The minimum absolute atomic E-state index is 0.0764. The molecule has 4 rings (SSSR count). The molecule has 0 bridgehead atoms. The average molecular weight is 493 g/mol. The van der Waals surface area contributed by atoms with Gasteiger partial charge in [0, 0.05) is 37.9 Å². The molecular weight excluding hydrogens is 469 g/mol. The van der Waals surface area contributed by atoms with Crippen molar-refractivity contribution in [3.8, 4) is 5.69 Å². The average Bonchev–Trinajstić information content (AvgIpc) is 3.24. The molecule has 0 unspecified atom stereocenters. The summed E-state index contributed by atoms with van der Waals surface area (Å²) in [5, 5.41) is 2.78. The number of nitrogens with zero attached hydrogens (tertiary/aromatic N) is 3. The van der Waals surface area contributed by atoms with E-state index < -0.39 is 33.4 Å². The number of nitrogens with one attached hydrogen (secondary N) is 1. The van der Waals surface area contributed by atoms with E-state index in [4.69, 9.17) is 0 Å². The Morgan fingerprint density at radius 2 is 1.79 bits per heavy atom. The summed E-state index contributed by atoms with van der Waals surface area (Å²) in [6.07, 6.45) is 3.80. The summed E-state index contributed by atoms with van der Waals surface area (Å²) in [7, 11) is -3.99. The first-order chi connectivity index (χ1) is 16.2. The van der Waals surface area contributed by atoms with E-state index in [1.54, 1.807) is 36.0 Å². The van der Waals surface area contributed by atoms with Gasteiger partial charge in [0.15, 0.2) is 11.6 Å². The minimum Gasteiger partial charge on any atom is -0.352 e. The smallest absolute Gasteiger partial charge is 0.243 e. The quantitative estimate of drug-likeness (QED) is 0.572. The van der Waals surface area contributed by atoms with Crippen LogP contribution in [0.25, 0.3) is 5.69 Å². The van der Waals surface area contributed by atoms with Crippen LogP contribution in [-0.4, -0.2) is 41.3 Å². The molecule has 1 fully saturated rings. The van der Waals surface area contributed by atoms with E-state index in [1.165, 1.54) is 6.07 Å². The lowest BCUT2D eigenvalue weighted by atomic mass is 9.97. The maximum absolute atomic E-state index is 14.5. The van der Waals surface area contributed by atoms with Crippen LogP contribution in [0.1, 0.15) is 24.2 Å². The van der Waals surface area contributed by atoms with E-state index in [-0.39, 0.29) is 43.3 Å².